The highest BCUT2D eigenvalue weighted by Gasteiger charge is 2.20. The Balaban J connectivity index is 1.74. The number of nitrogens with zero attached hydrogens (tertiary/aromatic N) is 3. The van der Waals surface area contributed by atoms with Gasteiger partial charge >= 0.3 is 0 Å². The van der Waals surface area contributed by atoms with Crippen LogP contribution in [0.4, 0.5) is 0 Å². The van der Waals surface area contributed by atoms with Crippen molar-refractivity contribution in [2.45, 2.75) is 18.9 Å². The molecule has 162 valence electrons. The van der Waals surface area contributed by atoms with Crippen molar-refractivity contribution in [1.29, 1.82) is 5.26 Å². The Labute approximate surface area is 188 Å². The Hall–Kier alpha value is -3.67. The van der Waals surface area contributed by atoms with Crippen molar-refractivity contribution in [1.82, 2.24) is 14.7 Å². The van der Waals surface area contributed by atoms with E-state index in [0.717, 1.165) is 12.8 Å². The van der Waals surface area contributed by atoms with Gasteiger partial charge in [-0.25, -0.2) is 0 Å². The number of aromatic nitrogens is 2. The molecule has 1 atom stereocenters. The standard InChI is InChI=1S/C23H19ClN4O4/c24-18-7-1-2-8-19(18)32-22-17(23(30)28-10-4-3-9-20(28)27-22)12-15(13-25)21(29)26-14-16-6-5-11-31-16/h1-4,7-10,12,16H,5-6,11,14H2,(H,26,29)/b15-12+/t16-/m1/s1. The lowest BCUT2D eigenvalue weighted by Crippen LogP contribution is -2.32. The number of carbonyl (C=O) groups excluding carboxylic acids is 1. The minimum absolute atomic E-state index is 0.0440. The number of nitrogens with one attached hydrogen (secondary N) is 1. The van der Waals surface area contributed by atoms with Gasteiger partial charge in [0, 0.05) is 19.3 Å². The van der Waals surface area contributed by atoms with E-state index < -0.39 is 11.5 Å². The fourth-order valence-electron chi connectivity index (χ4n) is 3.32. The van der Waals surface area contributed by atoms with Crippen molar-refractivity contribution in [3.8, 4) is 17.7 Å². The Morgan fingerprint density at radius 1 is 1.34 bits per heavy atom. The van der Waals surface area contributed by atoms with E-state index in [1.54, 1.807) is 48.7 Å². The molecule has 4 rings (SSSR count). The number of pyridine rings is 1. The number of ether oxygens (including phenoxy) is 2. The van der Waals surface area contributed by atoms with E-state index in [9.17, 15) is 14.9 Å². The summed E-state index contributed by atoms with van der Waals surface area (Å²) in [5.41, 5.74) is -0.436. The molecule has 2 aromatic heterocycles. The first-order valence-corrected chi connectivity index (χ1v) is 10.4. The Kier molecular flexibility index (Phi) is 6.50. The first-order valence-electron chi connectivity index (χ1n) is 10.0. The number of hydrogen-bond acceptors (Lipinski definition) is 6. The molecule has 3 heterocycles. The highest BCUT2D eigenvalue weighted by atomic mass is 35.5. The molecule has 9 heteroatoms. The lowest BCUT2D eigenvalue weighted by Gasteiger charge is -2.12. The SMILES string of the molecule is N#C/C(=C\c1c(Oc2ccccc2Cl)nc2ccccn2c1=O)C(=O)NC[C@H]1CCCO1. The van der Waals surface area contributed by atoms with E-state index >= 15 is 0 Å². The summed E-state index contributed by atoms with van der Waals surface area (Å²) in [5, 5.41) is 12.6. The van der Waals surface area contributed by atoms with Crippen LogP contribution in [0.3, 0.4) is 0 Å². The first-order chi connectivity index (χ1) is 15.6. The number of fused-ring (bicyclic) bond motifs is 1. The van der Waals surface area contributed by atoms with Gasteiger partial charge in [0.2, 0.25) is 5.88 Å². The summed E-state index contributed by atoms with van der Waals surface area (Å²) in [6, 6.07) is 13.6. The maximum absolute atomic E-state index is 13.2. The maximum Gasteiger partial charge on any atom is 0.269 e. The molecule has 8 nitrogen and oxygen atoms in total. The van der Waals surface area contributed by atoms with Gasteiger partial charge in [-0.1, -0.05) is 29.8 Å². The largest absolute Gasteiger partial charge is 0.437 e. The third-order valence-corrected chi connectivity index (χ3v) is 5.26. The monoisotopic (exact) mass is 450 g/mol. The third kappa shape index (κ3) is 4.64. The van der Waals surface area contributed by atoms with Crippen LogP contribution in [0.15, 0.2) is 59.0 Å². The zero-order valence-electron chi connectivity index (χ0n) is 17.0. The minimum atomic E-state index is -0.607. The molecule has 1 aliphatic rings. The number of hydrogen-bond donors (Lipinski definition) is 1. The van der Waals surface area contributed by atoms with Crippen molar-refractivity contribution in [3.05, 3.63) is 75.2 Å². The predicted molar refractivity (Wildman–Crippen MR) is 119 cm³/mol. The van der Waals surface area contributed by atoms with Crippen LogP contribution >= 0.6 is 11.6 Å². The summed E-state index contributed by atoms with van der Waals surface area (Å²) < 4.78 is 12.6. The summed E-state index contributed by atoms with van der Waals surface area (Å²) >= 11 is 6.19. The average molecular weight is 451 g/mol. The van der Waals surface area contributed by atoms with E-state index in [2.05, 4.69) is 10.3 Å². The van der Waals surface area contributed by atoms with Crippen molar-refractivity contribution in [3.63, 3.8) is 0 Å². The molecule has 0 spiro atoms. The molecular weight excluding hydrogens is 432 g/mol. The van der Waals surface area contributed by atoms with Gasteiger partial charge in [0.1, 0.15) is 28.6 Å². The van der Waals surface area contributed by atoms with Gasteiger partial charge in [0.25, 0.3) is 11.5 Å². The number of para-hydroxylation sites is 1. The van der Waals surface area contributed by atoms with Crippen LogP contribution in [0.5, 0.6) is 11.6 Å². The number of rotatable bonds is 6. The molecule has 1 fully saturated rings. The minimum Gasteiger partial charge on any atom is -0.437 e. The van der Waals surface area contributed by atoms with E-state index in [1.165, 1.54) is 10.5 Å². The number of nitriles is 1. The molecule has 0 unspecified atom stereocenters. The van der Waals surface area contributed by atoms with Crippen LogP contribution in [0.1, 0.15) is 18.4 Å². The Morgan fingerprint density at radius 3 is 2.91 bits per heavy atom. The molecule has 0 saturated carbocycles. The van der Waals surface area contributed by atoms with Crippen LogP contribution < -0.4 is 15.6 Å². The normalized spacial score (nSPS) is 16.0. The first kappa shape index (κ1) is 21.6. The van der Waals surface area contributed by atoms with Crippen molar-refractivity contribution < 1.29 is 14.3 Å². The van der Waals surface area contributed by atoms with E-state index in [1.807, 2.05) is 6.07 Å². The fraction of sp³-hybridized carbons (Fsp3) is 0.217. The third-order valence-electron chi connectivity index (χ3n) is 4.95. The predicted octanol–water partition coefficient (Wildman–Crippen LogP) is 3.34. The van der Waals surface area contributed by atoms with E-state index in [4.69, 9.17) is 21.1 Å². The van der Waals surface area contributed by atoms with Crippen molar-refractivity contribution in [2.24, 2.45) is 0 Å². The topological polar surface area (TPSA) is 106 Å². The molecule has 3 aromatic rings. The zero-order valence-corrected chi connectivity index (χ0v) is 17.7. The van der Waals surface area contributed by atoms with Gasteiger partial charge in [-0.05, 0) is 43.2 Å². The maximum atomic E-state index is 13.2. The molecule has 1 amide bonds. The molecule has 1 aromatic carbocycles. The zero-order chi connectivity index (χ0) is 22.5. The lowest BCUT2D eigenvalue weighted by atomic mass is 10.1. The second-order valence-corrected chi connectivity index (χ2v) is 7.52. The summed E-state index contributed by atoms with van der Waals surface area (Å²) in [7, 11) is 0. The van der Waals surface area contributed by atoms with E-state index in [0.29, 0.717) is 17.3 Å². The molecule has 32 heavy (non-hydrogen) atoms. The molecule has 0 aliphatic carbocycles. The number of halogens is 1. The van der Waals surface area contributed by atoms with Crippen molar-refractivity contribution >= 4 is 29.2 Å². The second kappa shape index (κ2) is 9.64. The van der Waals surface area contributed by atoms with Crippen LogP contribution in [0.2, 0.25) is 5.02 Å². The van der Waals surface area contributed by atoms with Gasteiger partial charge in [-0.2, -0.15) is 10.2 Å². The van der Waals surface area contributed by atoms with Crippen molar-refractivity contribution in [2.75, 3.05) is 13.2 Å². The van der Waals surface area contributed by atoms with Crippen LogP contribution in [-0.2, 0) is 9.53 Å². The summed E-state index contributed by atoms with van der Waals surface area (Å²) in [5.74, 6) is -0.379. The Bertz CT molecular complexity index is 1290. The quantitative estimate of drug-likeness (QED) is 0.456. The Morgan fingerprint density at radius 2 is 2.16 bits per heavy atom. The number of amides is 1. The molecule has 0 radical (unpaired) electrons. The van der Waals surface area contributed by atoms with Crippen LogP contribution in [-0.4, -0.2) is 34.5 Å². The molecule has 1 saturated heterocycles. The van der Waals surface area contributed by atoms with E-state index in [-0.39, 0.29) is 35.4 Å². The van der Waals surface area contributed by atoms with Gasteiger partial charge in [0.05, 0.1) is 11.1 Å². The smallest absolute Gasteiger partial charge is 0.269 e. The van der Waals surface area contributed by atoms with Crippen LogP contribution in [0.25, 0.3) is 11.7 Å². The molecular formula is C23H19ClN4O4. The molecule has 1 N–H and O–H groups in total. The van der Waals surface area contributed by atoms with Gasteiger partial charge < -0.3 is 14.8 Å². The fourth-order valence-corrected chi connectivity index (χ4v) is 3.49. The van der Waals surface area contributed by atoms with Gasteiger partial charge in [-0.3, -0.25) is 14.0 Å². The lowest BCUT2D eigenvalue weighted by molar-refractivity contribution is -0.117. The highest BCUT2D eigenvalue weighted by molar-refractivity contribution is 6.32. The summed E-state index contributed by atoms with van der Waals surface area (Å²) in [4.78, 5) is 30.2. The summed E-state index contributed by atoms with van der Waals surface area (Å²) in [6.07, 6.45) is 4.43. The summed E-state index contributed by atoms with van der Waals surface area (Å²) in [6.45, 7) is 0.944. The molecule has 1 aliphatic heterocycles. The number of carbonyl (C=O) groups is 1. The number of benzene rings is 1. The van der Waals surface area contributed by atoms with Gasteiger partial charge in [-0.15, -0.1) is 0 Å². The molecule has 0 bridgehead atoms. The highest BCUT2D eigenvalue weighted by Crippen LogP contribution is 2.30. The second-order valence-electron chi connectivity index (χ2n) is 7.11. The average Bonchev–Trinajstić information content (AvgIpc) is 3.33. The van der Waals surface area contributed by atoms with Crippen LogP contribution in [0, 0.1) is 11.3 Å². The van der Waals surface area contributed by atoms with Gasteiger partial charge in [0.15, 0.2) is 0 Å².